The van der Waals surface area contributed by atoms with E-state index in [0.29, 0.717) is 11.9 Å². The summed E-state index contributed by atoms with van der Waals surface area (Å²) in [5.41, 5.74) is 0. The van der Waals surface area contributed by atoms with E-state index in [1.165, 1.54) is 38.5 Å². The highest BCUT2D eigenvalue weighted by Crippen LogP contribution is 2.31. The molecule has 0 aromatic heterocycles. The Kier molecular flexibility index (Phi) is 8.65. The Morgan fingerprint density at radius 3 is 2.52 bits per heavy atom. The second-order valence-electron chi connectivity index (χ2n) is 6.76. The topological polar surface area (TPSA) is 32.3 Å². The lowest BCUT2D eigenvalue weighted by Crippen LogP contribution is -2.49. The quantitative estimate of drug-likeness (QED) is 0.840. The molecule has 2 rings (SSSR count). The highest BCUT2D eigenvalue weighted by molar-refractivity contribution is 5.85. The number of likely N-dealkylation sites (N-methyl/N-ethyl adjacent to an activating group) is 1. The van der Waals surface area contributed by atoms with E-state index >= 15 is 0 Å². The normalized spacial score (nSPS) is 25.2. The number of amides is 1. The summed E-state index contributed by atoms with van der Waals surface area (Å²) < 4.78 is 0. The van der Waals surface area contributed by atoms with Crippen LogP contribution in [0.25, 0.3) is 0 Å². The number of carbonyl (C=O) groups is 1. The van der Waals surface area contributed by atoms with Crippen molar-refractivity contribution in [1.29, 1.82) is 0 Å². The molecule has 4 heteroatoms. The van der Waals surface area contributed by atoms with E-state index in [0.717, 1.165) is 38.3 Å². The van der Waals surface area contributed by atoms with Gasteiger partial charge in [-0.2, -0.15) is 0 Å². The van der Waals surface area contributed by atoms with Gasteiger partial charge in [0.2, 0.25) is 5.91 Å². The van der Waals surface area contributed by atoms with E-state index in [4.69, 9.17) is 0 Å². The molecule has 0 spiro atoms. The van der Waals surface area contributed by atoms with Crippen LogP contribution in [-0.2, 0) is 4.79 Å². The molecular weight excluding hydrogens is 284 g/mol. The average Bonchev–Trinajstić information content (AvgIpc) is 2.53. The Labute approximate surface area is 136 Å². The highest BCUT2D eigenvalue weighted by atomic mass is 35.5. The molecule has 2 aliphatic rings. The monoisotopic (exact) mass is 316 g/mol. The van der Waals surface area contributed by atoms with E-state index in [1.807, 2.05) is 7.05 Å². The summed E-state index contributed by atoms with van der Waals surface area (Å²) in [5.74, 6) is 1.51. The largest absolute Gasteiger partial charge is 0.341 e. The number of nitrogens with one attached hydrogen (secondary N) is 1. The van der Waals surface area contributed by atoms with Gasteiger partial charge >= 0.3 is 0 Å². The lowest BCUT2D eigenvalue weighted by atomic mass is 9.81. The van der Waals surface area contributed by atoms with Crippen LogP contribution in [-0.4, -0.2) is 37.0 Å². The van der Waals surface area contributed by atoms with Gasteiger partial charge in [-0.25, -0.2) is 0 Å². The van der Waals surface area contributed by atoms with Crippen LogP contribution in [0.2, 0.25) is 0 Å². The molecule has 0 aromatic carbocycles. The Morgan fingerprint density at radius 1 is 1.19 bits per heavy atom. The SMILES string of the molecule is CCC(CC1CCCCC1)C(=O)N1CCCC(NC)C1.Cl. The molecule has 1 aliphatic heterocycles. The lowest BCUT2D eigenvalue weighted by molar-refractivity contribution is -0.137. The van der Waals surface area contributed by atoms with Gasteiger partial charge < -0.3 is 10.2 Å². The fraction of sp³-hybridized carbons (Fsp3) is 0.941. The molecule has 2 atom stereocenters. The average molecular weight is 317 g/mol. The first kappa shape index (κ1) is 18.8. The maximum atomic E-state index is 12.8. The Balaban J connectivity index is 0.00000220. The molecule has 1 saturated carbocycles. The van der Waals surface area contributed by atoms with Crippen LogP contribution in [0.3, 0.4) is 0 Å². The van der Waals surface area contributed by atoms with Crippen molar-refractivity contribution in [2.75, 3.05) is 20.1 Å². The van der Waals surface area contributed by atoms with Gasteiger partial charge in [0.15, 0.2) is 0 Å². The molecule has 1 heterocycles. The van der Waals surface area contributed by atoms with Crippen molar-refractivity contribution < 1.29 is 4.79 Å². The lowest BCUT2D eigenvalue weighted by Gasteiger charge is -2.35. The first-order valence-electron chi connectivity index (χ1n) is 8.70. The minimum absolute atomic E-state index is 0. The van der Waals surface area contributed by atoms with Crippen molar-refractivity contribution in [2.24, 2.45) is 11.8 Å². The molecule has 1 aliphatic carbocycles. The summed E-state index contributed by atoms with van der Waals surface area (Å²) in [7, 11) is 2.01. The number of hydrogen-bond acceptors (Lipinski definition) is 2. The second-order valence-corrected chi connectivity index (χ2v) is 6.76. The fourth-order valence-electron chi connectivity index (χ4n) is 3.94. The van der Waals surface area contributed by atoms with Crippen LogP contribution in [0.4, 0.5) is 0 Å². The van der Waals surface area contributed by atoms with E-state index in [-0.39, 0.29) is 18.3 Å². The number of nitrogens with zero attached hydrogens (tertiary/aromatic N) is 1. The van der Waals surface area contributed by atoms with E-state index in [2.05, 4.69) is 17.1 Å². The summed E-state index contributed by atoms with van der Waals surface area (Å²) in [6, 6.07) is 0.500. The van der Waals surface area contributed by atoms with Crippen molar-refractivity contribution in [3.63, 3.8) is 0 Å². The van der Waals surface area contributed by atoms with Crippen molar-refractivity contribution >= 4 is 18.3 Å². The van der Waals surface area contributed by atoms with Gasteiger partial charge in [-0.15, -0.1) is 12.4 Å². The minimum atomic E-state index is 0. The van der Waals surface area contributed by atoms with Gasteiger partial charge in [-0.05, 0) is 38.6 Å². The third-order valence-corrected chi connectivity index (χ3v) is 5.33. The molecule has 124 valence electrons. The first-order valence-corrected chi connectivity index (χ1v) is 8.70. The van der Waals surface area contributed by atoms with Crippen molar-refractivity contribution in [1.82, 2.24) is 10.2 Å². The number of halogens is 1. The Bertz CT molecular complexity index is 305. The van der Waals surface area contributed by atoms with Gasteiger partial charge in [0.05, 0.1) is 0 Å². The summed E-state index contributed by atoms with van der Waals surface area (Å²) in [5, 5.41) is 3.33. The second kappa shape index (κ2) is 9.68. The standard InChI is InChI=1S/C17H32N2O.ClH/c1-3-15(12-14-8-5-4-6-9-14)17(20)19-11-7-10-16(13-19)18-2;/h14-16,18H,3-13H2,1-2H3;1H. The number of hydrogen-bond donors (Lipinski definition) is 1. The molecule has 1 amide bonds. The maximum absolute atomic E-state index is 12.8. The summed E-state index contributed by atoms with van der Waals surface area (Å²) in [4.78, 5) is 14.9. The van der Waals surface area contributed by atoms with Crippen LogP contribution in [0.15, 0.2) is 0 Å². The zero-order chi connectivity index (χ0) is 14.4. The van der Waals surface area contributed by atoms with Crippen molar-refractivity contribution in [3.8, 4) is 0 Å². The zero-order valence-electron chi connectivity index (χ0n) is 13.8. The molecule has 0 aromatic rings. The number of rotatable bonds is 5. The summed E-state index contributed by atoms with van der Waals surface area (Å²) >= 11 is 0. The highest BCUT2D eigenvalue weighted by Gasteiger charge is 2.29. The van der Waals surface area contributed by atoms with Crippen LogP contribution >= 0.6 is 12.4 Å². The molecule has 2 unspecified atom stereocenters. The summed E-state index contributed by atoms with van der Waals surface area (Å²) in [6.45, 7) is 4.07. The zero-order valence-corrected chi connectivity index (χ0v) is 14.6. The smallest absolute Gasteiger partial charge is 0.225 e. The first-order chi connectivity index (χ1) is 9.74. The maximum Gasteiger partial charge on any atom is 0.225 e. The van der Waals surface area contributed by atoms with Crippen molar-refractivity contribution in [2.45, 2.75) is 70.8 Å². The predicted molar refractivity (Wildman–Crippen MR) is 90.9 cm³/mol. The van der Waals surface area contributed by atoms with Crippen LogP contribution in [0.5, 0.6) is 0 Å². The Hall–Kier alpha value is -0.280. The van der Waals surface area contributed by atoms with Crippen LogP contribution in [0.1, 0.15) is 64.7 Å². The number of carbonyl (C=O) groups excluding carboxylic acids is 1. The third kappa shape index (κ3) is 5.45. The van der Waals surface area contributed by atoms with E-state index in [9.17, 15) is 4.79 Å². The predicted octanol–water partition coefficient (Wildman–Crippen LogP) is 3.62. The molecule has 2 fully saturated rings. The molecular formula is C17H33ClN2O. The molecule has 0 radical (unpaired) electrons. The fourth-order valence-corrected chi connectivity index (χ4v) is 3.94. The van der Waals surface area contributed by atoms with Gasteiger partial charge in [-0.1, -0.05) is 39.0 Å². The van der Waals surface area contributed by atoms with Crippen molar-refractivity contribution in [3.05, 3.63) is 0 Å². The molecule has 1 saturated heterocycles. The number of likely N-dealkylation sites (tertiary alicyclic amines) is 1. The van der Waals surface area contributed by atoms with E-state index in [1.54, 1.807) is 0 Å². The van der Waals surface area contributed by atoms with Crippen LogP contribution < -0.4 is 5.32 Å². The minimum Gasteiger partial charge on any atom is -0.341 e. The molecule has 0 bridgehead atoms. The van der Waals surface area contributed by atoms with Gasteiger partial charge in [0, 0.05) is 25.0 Å². The third-order valence-electron chi connectivity index (χ3n) is 5.33. The van der Waals surface area contributed by atoms with Gasteiger partial charge in [-0.3, -0.25) is 4.79 Å². The summed E-state index contributed by atoms with van der Waals surface area (Å²) in [6.07, 6.45) is 11.4. The van der Waals surface area contributed by atoms with E-state index < -0.39 is 0 Å². The number of piperidine rings is 1. The molecule has 1 N–H and O–H groups in total. The van der Waals surface area contributed by atoms with Gasteiger partial charge in [0.1, 0.15) is 0 Å². The molecule has 3 nitrogen and oxygen atoms in total. The molecule has 21 heavy (non-hydrogen) atoms. The van der Waals surface area contributed by atoms with Crippen LogP contribution in [0, 0.1) is 11.8 Å². The van der Waals surface area contributed by atoms with Gasteiger partial charge in [0.25, 0.3) is 0 Å². The Morgan fingerprint density at radius 2 is 1.90 bits per heavy atom.